The molecular formula is C16H24N2OS. The first kappa shape index (κ1) is 15.3. The molecule has 0 saturated carbocycles. The lowest BCUT2D eigenvalue weighted by Crippen LogP contribution is -2.45. The predicted octanol–water partition coefficient (Wildman–Crippen LogP) is 2.84. The average molecular weight is 292 g/mol. The average Bonchev–Trinajstić information content (AvgIpc) is 2.46. The zero-order valence-corrected chi connectivity index (χ0v) is 13.0. The Labute approximate surface area is 127 Å². The third kappa shape index (κ3) is 4.18. The van der Waals surface area contributed by atoms with Crippen LogP contribution in [0.25, 0.3) is 0 Å². The van der Waals surface area contributed by atoms with E-state index in [1.165, 1.54) is 0 Å². The van der Waals surface area contributed by atoms with Gasteiger partial charge in [0.15, 0.2) is 0 Å². The summed E-state index contributed by atoms with van der Waals surface area (Å²) in [6.45, 7) is 6.21. The summed E-state index contributed by atoms with van der Waals surface area (Å²) in [6.07, 6.45) is 3.20. The molecule has 4 heteroatoms. The van der Waals surface area contributed by atoms with Crippen LogP contribution < -0.4 is 10.5 Å². The molecular weight excluding hydrogens is 268 g/mol. The lowest BCUT2D eigenvalue weighted by atomic mass is 9.80. The van der Waals surface area contributed by atoms with Gasteiger partial charge in [0.2, 0.25) is 0 Å². The number of nitrogens with zero attached hydrogens (tertiary/aromatic N) is 1. The van der Waals surface area contributed by atoms with Crippen molar-refractivity contribution in [1.82, 2.24) is 4.90 Å². The summed E-state index contributed by atoms with van der Waals surface area (Å²) in [5.74, 6) is 0.951. The highest BCUT2D eigenvalue weighted by Crippen LogP contribution is 2.31. The second-order valence-electron chi connectivity index (χ2n) is 5.78. The fourth-order valence-corrected chi connectivity index (χ4v) is 2.72. The summed E-state index contributed by atoms with van der Waals surface area (Å²) >= 11 is 5.17. The van der Waals surface area contributed by atoms with E-state index < -0.39 is 0 Å². The molecule has 1 aliphatic heterocycles. The van der Waals surface area contributed by atoms with Crippen LogP contribution in [0, 0.1) is 5.41 Å². The summed E-state index contributed by atoms with van der Waals surface area (Å²) < 4.78 is 5.71. The van der Waals surface area contributed by atoms with E-state index in [1.807, 2.05) is 30.3 Å². The van der Waals surface area contributed by atoms with Crippen LogP contribution in [0.3, 0.4) is 0 Å². The summed E-state index contributed by atoms with van der Waals surface area (Å²) in [6, 6.07) is 9.98. The molecule has 3 nitrogen and oxygen atoms in total. The number of nitrogens with two attached hydrogens (primary N) is 1. The monoisotopic (exact) mass is 292 g/mol. The second-order valence-corrected chi connectivity index (χ2v) is 6.22. The number of hydrogen-bond acceptors (Lipinski definition) is 3. The van der Waals surface area contributed by atoms with Crippen LogP contribution in [-0.4, -0.2) is 36.1 Å². The molecule has 0 bridgehead atoms. The Morgan fingerprint density at radius 3 is 2.55 bits per heavy atom. The van der Waals surface area contributed by atoms with Crippen LogP contribution in [0.5, 0.6) is 5.75 Å². The van der Waals surface area contributed by atoms with Crippen LogP contribution in [0.4, 0.5) is 0 Å². The Kier molecular flexibility index (Phi) is 5.38. The summed E-state index contributed by atoms with van der Waals surface area (Å²) in [7, 11) is 0. The first-order valence-electron chi connectivity index (χ1n) is 7.30. The molecule has 1 heterocycles. The Bertz CT molecular complexity index is 427. The number of rotatable bonds is 6. The number of hydrogen-bond donors (Lipinski definition) is 1. The molecule has 0 atom stereocenters. The molecule has 0 aliphatic carbocycles. The smallest absolute Gasteiger partial charge is 0.119 e. The molecule has 0 amide bonds. The highest BCUT2D eigenvalue weighted by atomic mass is 32.1. The Hall–Kier alpha value is -1.13. The Balaban J connectivity index is 1.63. The van der Waals surface area contributed by atoms with Crippen LogP contribution in [0.2, 0.25) is 0 Å². The fourth-order valence-electron chi connectivity index (χ4n) is 2.51. The van der Waals surface area contributed by atoms with Crippen molar-refractivity contribution in [2.45, 2.75) is 26.2 Å². The Morgan fingerprint density at radius 1 is 1.30 bits per heavy atom. The van der Waals surface area contributed by atoms with Gasteiger partial charge < -0.3 is 15.4 Å². The molecule has 0 unspecified atom stereocenters. The van der Waals surface area contributed by atoms with Crippen LogP contribution >= 0.6 is 12.2 Å². The van der Waals surface area contributed by atoms with E-state index in [9.17, 15) is 0 Å². The third-order valence-corrected chi connectivity index (χ3v) is 4.68. The Morgan fingerprint density at radius 2 is 1.95 bits per heavy atom. The van der Waals surface area contributed by atoms with Gasteiger partial charge in [-0.2, -0.15) is 0 Å². The molecule has 1 fully saturated rings. The number of likely N-dealkylation sites (tertiary alicyclic amines) is 1. The van der Waals surface area contributed by atoms with Gasteiger partial charge in [0, 0.05) is 12.0 Å². The molecule has 0 spiro atoms. The molecule has 1 saturated heterocycles. The van der Waals surface area contributed by atoms with E-state index in [2.05, 4.69) is 11.8 Å². The van der Waals surface area contributed by atoms with Gasteiger partial charge in [0.25, 0.3) is 0 Å². The maximum atomic E-state index is 5.83. The normalized spacial score (nSPS) is 18.6. The molecule has 0 aromatic heterocycles. The van der Waals surface area contributed by atoms with Crippen molar-refractivity contribution in [1.29, 1.82) is 0 Å². The number of piperidine rings is 1. The SMILES string of the molecule is CC1(C(N)=S)CCN(CCCOc2ccccc2)CC1. The number of ether oxygens (including phenoxy) is 1. The van der Waals surface area contributed by atoms with Crippen molar-refractivity contribution >= 4 is 17.2 Å². The quantitative estimate of drug-likeness (QED) is 0.646. The van der Waals surface area contributed by atoms with E-state index in [-0.39, 0.29) is 5.41 Å². The maximum Gasteiger partial charge on any atom is 0.119 e. The number of para-hydroxylation sites is 1. The summed E-state index contributed by atoms with van der Waals surface area (Å²) in [5.41, 5.74) is 5.89. The predicted molar refractivity (Wildman–Crippen MR) is 87.1 cm³/mol. The van der Waals surface area contributed by atoms with Gasteiger partial charge in [-0.15, -0.1) is 0 Å². The van der Waals surface area contributed by atoms with E-state index in [0.717, 1.165) is 51.3 Å². The van der Waals surface area contributed by atoms with Crippen molar-refractivity contribution in [2.24, 2.45) is 11.1 Å². The van der Waals surface area contributed by atoms with Gasteiger partial charge in [-0.05, 0) is 44.5 Å². The van der Waals surface area contributed by atoms with Gasteiger partial charge in [0.1, 0.15) is 5.75 Å². The number of thiocarbonyl (C=S) groups is 1. The van der Waals surface area contributed by atoms with Crippen molar-refractivity contribution in [2.75, 3.05) is 26.2 Å². The summed E-state index contributed by atoms with van der Waals surface area (Å²) in [5, 5.41) is 0. The van der Waals surface area contributed by atoms with Gasteiger partial charge >= 0.3 is 0 Å². The van der Waals surface area contributed by atoms with Crippen molar-refractivity contribution in [3.8, 4) is 5.75 Å². The molecule has 2 rings (SSSR count). The lowest BCUT2D eigenvalue weighted by Gasteiger charge is -2.38. The largest absolute Gasteiger partial charge is 0.494 e. The first-order valence-corrected chi connectivity index (χ1v) is 7.71. The minimum absolute atomic E-state index is 0.0619. The van der Waals surface area contributed by atoms with Gasteiger partial charge in [-0.3, -0.25) is 0 Å². The molecule has 20 heavy (non-hydrogen) atoms. The van der Waals surface area contributed by atoms with Crippen molar-refractivity contribution < 1.29 is 4.74 Å². The zero-order valence-electron chi connectivity index (χ0n) is 12.2. The van der Waals surface area contributed by atoms with E-state index >= 15 is 0 Å². The standard InChI is InChI=1S/C16H24N2OS/c1-16(15(17)20)8-11-18(12-9-16)10-5-13-19-14-6-3-2-4-7-14/h2-4,6-7H,5,8-13H2,1H3,(H2,17,20). The minimum atomic E-state index is 0.0619. The first-order chi connectivity index (χ1) is 9.60. The van der Waals surface area contributed by atoms with Gasteiger partial charge in [-0.1, -0.05) is 37.3 Å². The molecule has 1 aromatic carbocycles. The number of benzene rings is 1. The molecule has 2 N–H and O–H groups in total. The third-order valence-electron chi connectivity index (χ3n) is 4.19. The van der Waals surface area contributed by atoms with E-state index in [0.29, 0.717) is 4.99 Å². The fraction of sp³-hybridized carbons (Fsp3) is 0.562. The summed E-state index contributed by atoms with van der Waals surface area (Å²) in [4.78, 5) is 3.15. The zero-order chi connectivity index (χ0) is 14.4. The molecule has 110 valence electrons. The van der Waals surface area contributed by atoms with Crippen LogP contribution in [-0.2, 0) is 0 Å². The molecule has 1 aliphatic rings. The highest BCUT2D eigenvalue weighted by molar-refractivity contribution is 7.80. The van der Waals surface area contributed by atoms with Gasteiger partial charge in [-0.25, -0.2) is 0 Å². The van der Waals surface area contributed by atoms with Crippen LogP contribution in [0.1, 0.15) is 26.2 Å². The van der Waals surface area contributed by atoms with Gasteiger partial charge in [0.05, 0.1) is 11.6 Å². The second kappa shape index (κ2) is 7.04. The van der Waals surface area contributed by atoms with Crippen molar-refractivity contribution in [3.05, 3.63) is 30.3 Å². The topological polar surface area (TPSA) is 38.5 Å². The highest BCUT2D eigenvalue weighted by Gasteiger charge is 2.32. The van der Waals surface area contributed by atoms with Crippen LogP contribution in [0.15, 0.2) is 30.3 Å². The van der Waals surface area contributed by atoms with E-state index in [1.54, 1.807) is 0 Å². The molecule has 1 aromatic rings. The minimum Gasteiger partial charge on any atom is -0.494 e. The molecule has 0 radical (unpaired) electrons. The lowest BCUT2D eigenvalue weighted by molar-refractivity contribution is 0.154. The van der Waals surface area contributed by atoms with E-state index in [4.69, 9.17) is 22.7 Å². The maximum absolute atomic E-state index is 5.83. The van der Waals surface area contributed by atoms with Crippen molar-refractivity contribution in [3.63, 3.8) is 0 Å².